The highest BCUT2D eigenvalue weighted by Crippen LogP contribution is 2.30. The highest BCUT2D eigenvalue weighted by molar-refractivity contribution is 5.96. The number of benzene rings is 2. The number of piperazine rings is 1. The van der Waals surface area contributed by atoms with Gasteiger partial charge in [0.25, 0.3) is 5.69 Å². The van der Waals surface area contributed by atoms with E-state index < -0.39 is 4.92 Å². The van der Waals surface area contributed by atoms with Crippen LogP contribution in [-0.2, 0) is 11.3 Å². The molecule has 1 fully saturated rings. The third kappa shape index (κ3) is 4.11. The lowest BCUT2D eigenvalue weighted by atomic mass is 10.1. The number of halogens is 1. The molecule has 0 spiro atoms. The lowest BCUT2D eigenvalue weighted by Gasteiger charge is -2.35. The number of Topliss-reactive ketones (excluding diaryl/α,β-unsaturated/α-hetero) is 1. The summed E-state index contributed by atoms with van der Waals surface area (Å²) in [5.74, 6) is -0.823. The number of hydrogen-bond acceptors (Lipinski definition) is 5. The predicted octanol–water partition coefficient (Wildman–Crippen LogP) is 2.79. The van der Waals surface area contributed by atoms with Crippen LogP contribution in [0.5, 0.6) is 0 Å². The van der Waals surface area contributed by atoms with Gasteiger partial charge >= 0.3 is 0 Å². The van der Waals surface area contributed by atoms with Crippen molar-refractivity contribution in [1.29, 1.82) is 0 Å². The first kappa shape index (κ1) is 18.5. The summed E-state index contributed by atoms with van der Waals surface area (Å²) in [4.78, 5) is 38.0. The first-order valence-corrected chi connectivity index (χ1v) is 8.41. The normalized spacial score (nSPS) is 14.4. The third-order valence-electron chi connectivity index (χ3n) is 4.50. The molecular formula is C19H18FN3O4. The van der Waals surface area contributed by atoms with E-state index in [0.29, 0.717) is 24.3 Å². The standard InChI is InChI=1S/C19H18FN3O4/c1-13(24)15-5-6-17(18(10-15)23(26)27)21-7-8-22(19(25)12-21)11-14-3-2-4-16(20)9-14/h2-6,9-10H,7-8,11-12H2,1H3. The molecule has 1 aliphatic rings. The van der Waals surface area contributed by atoms with Gasteiger partial charge in [0.2, 0.25) is 5.91 Å². The Morgan fingerprint density at radius 3 is 2.63 bits per heavy atom. The predicted molar refractivity (Wildman–Crippen MR) is 97.1 cm³/mol. The maximum absolute atomic E-state index is 13.3. The lowest BCUT2D eigenvalue weighted by molar-refractivity contribution is -0.384. The Balaban J connectivity index is 1.77. The number of hydrogen-bond donors (Lipinski definition) is 0. The van der Waals surface area contributed by atoms with Crippen molar-refractivity contribution in [2.24, 2.45) is 0 Å². The SMILES string of the molecule is CC(=O)c1ccc(N2CCN(Cc3cccc(F)c3)C(=O)C2)c([N+](=O)[O-])c1. The Hall–Kier alpha value is -3.29. The van der Waals surface area contributed by atoms with Crippen molar-refractivity contribution in [1.82, 2.24) is 4.90 Å². The molecule has 27 heavy (non-hydrogen) atoms. The van der Waals surface area contributed by atoms with Gasteiger partial charge in [0.15, 0.2) is 5.78 Å². The molecule has 8 heteroatoms. The van der Waals surface area contributed by atoms with E-state index in [-0.39, 0.29) is 41.8 Å². The highest BCUT2D eigenvalue weighted by atomic mass is 19.1. The number of carbonyl (C=O) groups is 2. The quantitative estimate of drug-likeness (QED) is 0.458. The molecule has 140 valence electrons. The number of nitro groups is 1. The van der Waals surface area contributed by atoms with E-state index in [4.69, 9.17) is 0 Å². The number of rotatable bonds is 5. The Bertz CT molecular complexity index is 916. The summed E-state index contributed by atoms with van der Waals surface area (Å²) in [5.41, 5.74) is 1.05. The van der Waals surface area contributed by atoms with Gasteiger partial charge in [-0.15, -0.1) is 0 Å². The summed E-state index contributed by atoms with van der Waals surface area (Å²) in [6, 6.07) is 10.3. The van der Waals surface area contributed by atoms with Crippen LogP contribution in [0.15, 0.2) is 42.5 Å². The van der Waals surface area contributed by atoms with E-state index in [9.17, 15) is 24.1 Å². The van der Waals surface area contributed by atoms with Crippen LogP contribution in [-0.4, -0.2) is 41.1 Å². The molecule has 3 rings (SSSR count). The maximum atomic E-state index is 13.3. The Morgan fingerprint density at radius 2 is 2.00 bits per heavy atom. The van der Waals surface area contributed by atoms with Crippen LogP contribution in [0, 0.1) is 15.9 Å². The van der Waals surface area contributed by atoms with E-state index in [1.807, 2.05) is 0 Å². The second-order valence-corrected chi connectivity index (χ2v) is 6.38. The molecule has 0 unspecified atom stereocenters. The second kappa shape index (κ2) is 7.53. The fourth-order valence-electron chi connectivity index (χ4n) is 3.09. The summed E-state index contributed by atoms with van der Waals surface area (Å²) in [6.45, 7) is 2.38. The molecule has 1 amide bonds. The molecule has 1 saturated heterocycles. The minimum absolute atomic E-state index is 0.0183. The van der Waals surface area contributed by atoms with E-state index in [0.717, 1.165) is 0 Å². The highest BCUT2D eigenvalue weighted by Gasteiger charge is 2.28. The molecule has 0 N–H and O–H groups in total. The van der Waals surface area contributed by atoms with E-state index in [1.165, 1.54) is 37.3 Å². The minimum Gasteiger partial charge on any atom is -0.355 e. The molecule has 0 aromatic heterocycles. The topological polar surface area (TPSA) is 83.8 Å². The van der Waals surface area contributed by atoms with Crippen LogP contribution in [0.4, 0.5) is 15.8 Å². The zero-order valence-corrected chi connectivity index (χ0v) is 14.7. The molecule has 0 radical (unpaired) electrons. The van der Waals surface area contributed by atoms with Gasteiger partial charge in [-0.2, -0.15) is 0 Å². The fourth-order valence-corrected chi connectivity index (χ4v) is 3.09. The van der Waals surface area contributed by atoms with Crippen molar-refractivity contribution in [2.75, 3.05) is 24.5 Å². The molecule has 7 nitrogen and oxygen atoms in total. The van der Waals surface area contributed by atoms with E-state index >= 15 is 0 Å². The van der Waals surface area contributed by atoms with Crippen LogP contribution in [0.25, 0.3) is 0 Å². The number of nitro benzene ring substituents is 1. The third-order valence-corrected chi connectivity index (χ3v) is 4.50. The van der Waals surface area contributed by atoms with Gasteiger partial charge in [-0.3, -0.25) is 19.7 Å². The molecule has 0 saturated carbocycles. The zero-order valence-electron chi connectivity index (χ0n) is 14.7. The molecular weight excluding hydrogens is 353 g/mol. The van der Waals surface area contributed by atoms with Crippen molar-refractivity contribution in [3.8, 4) is 0 Å². The molecule has 2 aromatic carbocycles. The number of amides is 1. The molecule has 2 aromatic rings. The van der Waals surface area contributed by atoms with Gasteiger partial charge in [0.05, 0.1) is 11.5 Å². The van der Waals surface area contributed by atoms with Crippen molar-refractivity contribution in [3.63, 3.8) is 0 Å². The van der Waals surface area contributed by atoms with Gasteiger partial charge in [-0.25, -0.2) is 4.39 Å². The van der Waals surface area contributed by atoms with Gasteiger partial charge in [0, 0.05) is 31.3 Å². The molecule has 0 aliphatic carbocycles. The fraction of sp³-hybridized carbons (Fsp3) is 0.263. The average molecular weight is 371 g/mol. The summed E-state index contributed by atoms with van der Waals surface area (Å²) in [6.07, 6.45) is 0. The van der Waals surface area contributed by atoms with Crippen LogP contribution < -0.4 is 4.90 Å². The lowest BCUT2D eigenvalue weighted by Crippen LogP contribution is -2.50. The summed E-state index contributed by atoms with van der Waals surface area (Å²) in [5, 5.41) is 11.4. The summed E-state index contributed by atoms with van der Waals surface area (Å²) in [7, 11) is 0. The summed E-state index contributed by atoms with van der Waals surface area (Å²) >= 11 is 0. The van der Waals surface area contributed by atoms with Crippen molar-refractivity contribution < 1.29 is 18.9 Å². The molecule has 0 bridgehead atoms. The van der Waals surface area contributed by atoms with Gasteiger partial charge in [-0.1, -0.05) is 12.1 Å². The van der Waals surface area contributed by atoms with Crippen LogP contribution >= 0.6 is 0 Å². The average Bonchev–Trinajstić information content (AvgIpc) is 2.63. The van der Waals surface area contributed by atoms with Crippen molar-refractivity contribution in [2.45, 2.75) is 13.5 Å². The second-order valence-electron chi connectivity index (χ2n) is 6.38. The zero-order chi connectivity index (χ0) is 19.6. The van der Waals surface area contributed by atoms with Gasteiger partial charge in [0.1, 0.15) is 11.5 Å². The molecule has 0 atom stereocenters. The Kier molecular flexibility index (Phi) is 5.16. The van der Waals surface area contributed by atoms with Gasteiger partial charge < -0.3 is 9.80 Å². The number of carbonyl (C=O) groups excluding carboxylic acids is 2. The van der Waals surface area contributed by atoms with E-state index in [1.54, 1.807) is 21.9 Å². The number of ketones is 1. The van der Waals surface area contributed by atoms with Crippen molar-refractivity contribution in [3.05, 3.63) is 69.5 Å². The molecule has 1 heterocycles. The summed E-state index contributed by atoms with van der Waals surface area (Å²) < 4.78 is 13.3. The van der Waals surface area contributed by atoms with Crippen LogP contribution in [0.1, 0.15) is 22.8 Å². The van der Waals surface area contributed by atoms with Crippen molar-refractivity contribution >= 4 is 23.1 Å². The minimum atomic E-state index is -0.550. The Morgan fingerprint density at radius 1 is 1.22 bits per heavy atom. The first-order valence-electron chi connectivity index (χ1n) is 8.41. The Labute approximate surface area is 155 Å². The smallest absolute Gasteiger partial charge is 0.293 e. The van der Waals surface area contributed by atoms with Gasteiger partial charge in [-0.05, 0) is 36.8 Å². The molecule has 1 aliphatic heterocycles. The monoisotopic (exact) mass is 371 g/mol. The van der Waals surface area contributed by atoms with Crippen LogP contribution in [0.3, 0.4) is 0 Å². The maximum Gasteiger partial charge on any atom is 0.293 e. The number of nitrogens with zero attached hydrogens (tertiary/aromatic N) is 3. The van der Waals surface area contributed by atoms with E-state index in [2.05, 4.69) is 0 Å². The first-order chi connectivity index (χ1) is 12.8. The number of anilines is 1. The van der Waals surface area contributed by atoms with Crippen LogP contribution in [0.2, 0.25) is 0 Å². The largest absolute Gasteiger partial charge is 0.355 e.